The lowest BCUT2D eigenvalue weighted by Gasteiger charge is -2.02. The van der Waals surface area contributed by atoms with Crippen LogP contribution in [-0.4, -0.2) is 9.55 Å². The van der Waals surface area contributed by atoms with Gasteiger partial charge >= 0.3 is 0 Å². The lowest BCUT2D eigenvalue weighted by molar-refractivity contribution is 0.796. The van der Waals surface area contributed by atoms with E-state index < -0.39 is 0 Å². The third-order valence-corrected chi connectivity index (χ3v) is 2.01. The predicted molar refractivity (Wildman–Crippen MR) is 63.9 cm³/mol. The molecule has 1 aromatic heterocycles. The second kappa shape index (κ2) is 6.02. The number of imidazole rings is 1. The lowest BCUT2D eigenvalue weighted by atomic mass is 10.1. The van der Waals surface area contributed by atoms with Gasteiger partial charge in [0.1, 0.15) is 0 Å². The molecule has 2 heteroatoms. The zero-order valence-corrected chi connectivity index (χ0v) is 9.64. The third-order valence-electron chi connectivity index (χ3n) is 2.01. The highest BCUT2D eigenvalue weighted by Crippen LogP contribution is 2.05. The highest BCUT2D eigenvalue weighted by Gasteiger charge is 1.93. The van der Waals surface area contributed by atoms with Gasteiger partial charge in [-0.25, -0.2) is 4.98 Å². The maximum absolute atomic E-state index is 4.00. The Morgan fingerprint density at radius 1 is 1.27 bits per heavy atom. The summed E-state index contributed by atoms with van der Waals surface area (Å²) in [7, 11) is 0. The molecule has 1 aromatic carbocycles. The molecular weight excluding hydrogens is 184 g/mol. The monoisotopic (exact) mass is 202 g/mol. The van der Waals surface area contributed by atoms with Gasteiger partial charge in [0, 0.05) is 18.9 Å². The van der Waals surface area contributed by atoms with Gasteiger partial charge in [0.05, 0.1) is 6.33 Å². The van der Waals surface area contributed by atoms with Gasteiger partial charge in [-0.1, -0.05) is 43.7 Å². The molecule has 15 heavy (non-hydrogen) atoms. The zero-order valence-electron chi connectivity index (χ0n) is 9.64. The van der Waals surface area contributed by atoms with Crippen molar-refractivity contribution in [3.8, 4) is 0 Å². The minimum atomic E-state index is 0.904. The molecule has 0 fully saturated rings. The Morgan fingerprint density at radius 2 is 2.07 bits per heavy atom. The van der Waals surface area contributed by atoms with Gasteiger partial charge in [0.15, 0.2) is 0 Å². The first kappa shape index (κ1) is 11.5. The summed E-state index contributed by atoms with van der Waals surface area (Å²) in [6.45, 7) is 7.01. The number of benzene rings is 1. The molecular formula is C13H18N2. The quantitative estimate of drug-likeness (QED) is 0.731. The summed E-state index contributed by atoms with van der Waals surface area (Å²) < 4.78 is 2.06. The first-order chi connectivity index (χ1) is 7.34. The van der Waals surface area contributed by atoms with Crippen molar-refractivity contribution >= 4 is 0 Å². The summed E-state index contributed by atoms with van der Waals surface area (Å²) in [5, 5.41) is 0. The van der Waals surface area contributed by atoms with E-state index in [1.165, 1.54) is 11.1 Å². The van der Waals surface area contributed by atoms with Crippen molar-refractivity contribution in [2.45, 2.75) is 27.3 Å². The minimum Gasteiger partial charge on any atom is -0.333 e. The van der Waals surface area contributed by atoms with Crippen LogP contribution in [0.4, 0.5) is 0 Å². The fourth-order valence-corrected chi connectivity index (χ4v) is 1.40. The summed E-state index contributed by atoms with van der Waals surface area (Å²) in [5.41, 5.74) is 2.62. The van der Waals surface area contributed by atoms with Crippen LogP contribution in [0.2, 0.25) is 0 Å². The van der Waals surface area contributed by atoms with Gasteiger partial charge in [-0.2, -0.15) is 0 Å². The Balaban J connectivity index is 0.000000531. The maximum Gasteiger partial charge on any atom is 0.0949 e. The van der Waals surface area contributed by atoms with Crippen LogP contribution in [0.15, 0.2) is 43.0 Å². The zero-order chi connectivity index (χ0) is 11.1. The van der Waals surface area contributed by atoms with E-state index in [9.17, 15) is 0 Å². The second-order valence-electron chi connectivity index (χ2n) is 3.22. The van der Waals surface area contributed by atoms with Crippen LogP contribution in [0.25, 0.3) is 0 Å². The molecule has 2 nitrogen and oxygen atoms in total. The second-order valence-corrected chi connectivity index (χ2v) is 3.22. The standard InChI is InChI=1S/C11H12N2.C2H6/c1-10-3-2-4-11(7-10)8-13-6-5-12-9-13;1-2/h2-7,9H,8H2,1H3;1-2H3. The Bertz CT molecular complexity index is 377. The largest absolute Gasteiger partial charge is 0.333 e. The van der Waals surface area contributed by atoms with Crippen LogP contribution in [-0.2, 0) is 6.54 Å². The van der Waals surface area contributed by atoms with E-state index in [-0.39, 0.29) is 0 Å². The topological polar surface area (TPSA) is 17.8 Å². The van der Waals surface area contributed by atoms with Gasteiger partial charge in [-0.15, -0.1) is 0 Å². The summed E-state index contributed by atoms with van der Waals surface area (Å²) in [6, 6.07) is 8.52. The van der Waals surface area contributed by atoms with Crippen LogP contribution in [0, 0.1) is 6.92 Å². The van der Waals surface area contributed by atoms with Crippen molar-refractivity contribution in [3.05, 3.63) is 54.1 Å². The van der Waals surface area contributed by atoms with Crippen molar-refractivity contribution < 1.29 is 0 Å². The van der Waals surface area contributed by atoms with Gasteiger partial charge in [0.25, 0.3) is 0 Å². The summed E-state index contributed by atoms with van der Waals surface area (Å²) in [6.07, 6.45) is 5.61. The van der Waals surface area contributed by atoms with E-state index in [0.29, 0.717) is 0 Å². The molecule has 0 atom stereocenters. The molecule has 0 spiro atoms. The summed E-state index contributed by atoms with van der Waals surface area (Å²) in [5.74, 6) is 0. The van der Waals surface area contributed by atoms with Crippen LogP contribution in [0.1, 0.15) is 25.0 Å². The molecule has 0 aliphatic rings. The SMILES string of the molecule is CC.Cc1cccc(Cn2ccnc2)c1. The van der Waals surface area contributed by atoms with E-state index in [2.05, 4.69) is 40.7 Å². The van der Waals surface area contributed by atoms with Gasteiger partial charge in [-0.3, -0.25) is 0 Å². The van der Waals surface area contributed by atoms with E-state index >= 15 is 0 Å². The van der Waals surface area contributed by atoms with Crippen molar-refractivity contribution in [1.82, 2.24) is 9.55 Å². The van der Waals surface area contributed by atoms with Crippen molar-refractivity contribution in [1.29, 1.82) is 0 Å². The number of aryl methyl sites for hydroxylation is 1. The molecule has 2 rings (SSSR count). The van der Waals surface area contributed by atoms with Crippen molar-refractivity contribution in [3.63, 3.8) is 0 Å². The Labute approximate surface area is 91.6 Å². The number of aromatic nitrogens is 2. The minimum absolute atomic E-state index is 0.904. The van der Waals surface area contributed by atoms with Crippen molar-refractivity contribution in [2.24, 2.45) is 0 Å². The highest BCUT2D eigenvalue weighted by atomic mass is 15.0. The first-order valence-electron chi connectivity index (χ1n) is 5.36. The molecule has 0 bridgehead atoms. The normalized spacial score (nSPS) is 9.27. The number of nitrogens with zero attached hydrogens (tertiary/aromatic N) is 2. The molecule has 0 N–H and O–H groups in total. The number of rotatable bonds is 2. The molecule has 2 aromatic rings. The third kappa shape index (κ3) is 3.58. The fraction of sp³-hybridized carbons (Fsp3) is 0.308. The van der Waals surface area contributed by atoms with E-state index in [1.807, 2.05) is 26.4 Å². The summed E-state index contributed by atoms with van der Waals surface area (Å²) in [4.78, 5) is 4.00. The Morgan fingerprint density at radius 3 is 2.67 bits per heavy atom. The van der Waals surface area contributed by atoms with Crippen LogP contribution >= 0.6 is 0 Å². The number of hydrogen-bond acceptors (Lipinski definition) is 1. The first-order valence-corrected chi connectivity index (χ1v) is 5.36. The van der Waals surface area contributed by atoms with E-state index in [1.54, 1.807) is 6.20 Å². The van der Waals surface area contributed by atoms with E-state index in [0.717, 1.165) is 6.54 Å². The van der Waals surface area contributed by atoms with E-state index in [4.69, 9.17) is 0 Å². The molecule has 0 aliphatic heterocycles. The Hall–Kier alpha value is -1.57. The predicted octanol–water partition coefficient (Wildman–Crippen LogP) is 3.27. The summed E-state index contributed by atoms with van der Waals surface area (Å²) >= 11 is 0. The van der Waals surface area contributed by atoms with Gasteiger partial charge in [-0.05, 0) is 12.5 Å². The molecule has 0 saturated carbocycles. The molecule has 1 heterocycles. The van der Waals surface area contributed by atoms with Crippen LogP contribution in [0.3, 0.4) is 0 Å². The smallest absolute Gasteiger partial charge is 0.0949 e. The highest BCUT2D eigenvalue weighted by molar-refractivity contribution is 5.22. The molecule has 0 radical (unpaired) electrons. The van der Waals surface area contributed by atoms with Crippen LogP contribution < -0.4 is 0 Å². The van der Waals surface area contributed by atoms with Gasteiger partial charge in [0.2, 0.25) is 0 Å². The van der Waals surface area contributed by atoms with Gasteiger partial charge < -0.3 is 4.57 Å². The fourth-order valence-electron chi connectivity index (χ4n) is 1.40. The molecule has 0 saturated heterocycles. The molecule has 0 aliphatic carbocycles. The number of hydrogen-bond donors (Lipinski definition) is 0. The maximum atomic E-state index is 4.00. The average molecular weight is 202 g/mol. The average Bonchev–Trinajstić information content (AvgIpc) is 2.74. The molecule has 80 valence electrons. The Kier molecular flexibility index (Phi) is 4.61. The van der Waals surface area contributed by atoms with Crippen LogP contribution in [0.5, 0.6) is 0 Å². The van der Waals surface area contributed by atoms with Crippen molar-refractivity contribution in [2.75, 3.05) is 0 Å². The molecule has 0 unspecified atom stereocenters. The lowest BCUT2D eigenvalue weighted by Crippen LogP contribution is -1.95. The molecule has 0 amide bonds.